The van der Waals surface area contributed by atoms with Crippen LogP contribution in [0.2, 0.25) is 0 Å². The first-order valence-electron chi connectivity index (χ1n) is 8.81. The van der Waals surface area contributed by atoms with E-state index in [0.29, 0.717) is 29.8 Å². The molecule has 2 N–H and O–H groups in total. The molecule has 0 spiro atoms. The Balaban J connectivity index is 1.51. The first-order valence-corrected chi connectivity index (χ1v) is 8.81. The second-order valence-electron chi connectivity index (χ2n) is 6.60. The van der Waals surface area contributed by atoms with E-state index in [2.05, 4.69) is 20.3 Å². The molecule has 136 valence electrons. The second-order valence-corrected chi connectivity index (χ2v) is 6.60. The molecule has 0 radical (unpaired) electrons. The van der Waals surface area contributed by atoms with Crippen LogP contribution in [0.3, 0.4) is 0 Å². The molecule has 6 heteroatoms. The fourth-order valence-corrected chi connectivity index (χ4v) is 3.43. The maximum atomic E-state index is 14.0. The minimum Gasteiger partial charge on any atom is -0.356 e. The Morgan fingerprint density at radius 3 is 2.89 bits per heavy atom. The molecule has 5 nitrogen and oxygen atoms in total. The van der Waals surface area contributed by atoms with Crippen molar-refractivity contribution in [3.63, 3.8) is 0 Å². The van der Waals surface area contributed by atoms with Crippen LogP contribution >= 0.6 is 0 Å². The molecule has 1 aromatic carbocycles. The van der Waals surface area contributed by atoms with Gasteiger partial charge in [0, 0.05) is 29.2 Å². The molecule has 0 unspecified atom stereocenters. The molecule has 0 saturated carbocycles. The molecule has 0 bridgehead atoms. The summed E-state index contributed by atoms with van der Waals surface area (Å²) in [6.07, 6.45) is 2.26. The lowest BCUT2D eigenvalue weighted by molar-refractivity contribution is 0.0949. The number of aromatic nitrogens is 3. The molecule has 0 aliphatic rings. The van der Waals surface area contributed by atoms with Crippen LogP contribution in [0.5, 0.6) is 0 Å². The molecular weight excluding hydrogens is 343 g/mol. The highest BCUT2D eigenvalue weighted by molar-refractivity contribution is 5.94. The molecule has 0 fully saturated rings. The van der Waals surface area contributed by atoms with Crippen LogP contribution in [-0.4, -0.2) is 27.4 Å². The van der Waals surface area contributed by atoms with Crippen molar-refractivity contribution in [3.05, 3.63) is 70.9 Å². The minimum absolute atomic E-state index is 0.247. The van der Waals surface area contributed by atoms with E-state index in [9.17, 15) is 9.18 Å². The van der Waals surface area contributed by atoms with Crippen LogP contribution in [0.4, 0.5) is 4.39 Å². The maximum Gasteiger partial charge on any atom is 0.269 e. The Kier molecular flexibility index (Phi) is 4.32. The van der Waals surface area contributed by atoms with Crippen LogP contribution in [0.1, 0.15) is 27.3 Å². The van der Waals surface area contributed by atoms with E-state index in [1.54, 1.807) is 18.3 Å². The highest BCUT2D eigenvalue weighted by Gasteiger charge is 2.14. The monoisotopic (exact) mass is 362 g/mol. The maximum absolute atomic E-state index is 14.0. The zero-order chi connectivity index (χ0) is 19.0. The molecule has 0 aliphatic heterocycles. The molecule has 4 aromatic rings. The van der Waals surface area contributed by atoms with Gasteiger partial charge in [0.05, 0.1) is 5.52 Å². The quantitative estimate of drug-likeness (QED) is 0.579. The van der Waals surface area contributed by atoms with Gasteiger partial charge >= 0.3 is 0 Å². The van der Waals surface area contributed by atoms with Gasteiger partial charge in [-0.05, 0) is 61.7 Å². The fourth-order valence-electron chi connectivity index (χ4n) is 3.43. The molecular formula is C21H19FN4O. The van der Waals surface area contributed by atoms with Crippen molar-refractivity contribution < 1.29 is 9.18 Å². The predicted octanol–water partition coefficient (Wildman–Crippen LogP) is 3.84. The molecule has 0 saturated heterocycles. The average Bonchev–Trinajstić information content (AvgIpc) is 3.02. The number of rotatable bonds is 4. The summed E-state index contributed by atoms with van der Waals surface area (Å²) in [5.41, 5.74) is 4.36. The second kappa shape index (κ2) is 6.79. The van der Waals surface area contributed by atoms with Gasteiger partial charge in [-0.25, -0.2) is 14.4 Å². The third-order valence-electron chi connectivity index (χ3n) is 4.79. The van der Waals surface area contributed by atoms with Gasteiger partial charge in [0.15, 0.2) is 5.65 Å². The van der Waals surface area contributed by atoms with Gasteiger partial charge in [0.2, 0.25) is 0 Å². The van der Waals surface area contributed by atoms with E-state index < -0.39 is 0 Å². The number of halogens is 1. The lowest BCUT2D eigenvalue weighted by Crippen LogP contribution is -2.26. The van der Waals surface area contributed by atoms with E-state index in [1.165, 1.54) is 6.07 Å². The third-order valence-corrected chi connectivity index (χ3v) is 4.79. The molecule has 0 aliphatic carbocycles. The van der Waals surface area contributed by atoms with E-state index in [1.807, 2.05) is 32.0 Å². The Hall–Kier alpha value is -3.28. The van der Waals surface area contributed by atoms with Crippen LogP contribution < -0.4 is 5.32 Å². The third kappa shape index (κ3) is 3.14. The fraction of sp³-hybridized carbons (Fsp3) is 0.190. The van der Waals surface area contributed by atoms with Crippen molar-refractivity contribution in [2.75, 3.05) is 6.54 Å². The highest BCUT2D eigenvalue weighted by Crippen LogP contribution is 2.27. The number of carbonyl (C=O) groups is 1. The van der Waals surface area contributed by atoms with Gasteiger partial charge in [-0.3, -0.25) is 4.79 Å². The van der Waals surface area contributed by atoms with Crippen molar-refractivity contribution in [1.82, 2.24) is 20.3 Å². The zero-order valence-corrected chi connectivity index (χ0v) is 15.1. The van der Waals surface area contributed by atoms with E-state index >= 15 is 0 Å². The number of benzene rings is 1. The lowest BCUT2D eigenvalue weighted by Gasteiger charge is -2.07. The lowest BCUT2D eigenvalue weighted by atomic mass is 10.0. The summed E-state index contributed by atoms with van der Waals surface area (Å²) in [5, 5.41) is 4.68. The van der Waals surface area contributed by atoms with E-state index in [0.717, 1.165) is 27.6 Å². The van der Waals surface area contributed by atoms with Gasteiger partial charge in [-0.15, -0.1) is 0 Å². The number of aryl methyl sites for hydroxylation is 2. The van der Waals surface area contributed by atoms with Crippen molar-refractivity contribution in [2.24, 2.45) is 0 Å². The number of amides is 1. The molecule has 27 heavy (non-hydrogen) atoms. The number of hydrogen-bond donors (Lipinski definition) is 2. The van der Waals surface area contributed by atoms with Crippen LogP contribution in [-0.2, 0) is 6.42 Å². The van der Waals surface area contributed by atoms with E-state index in [4.69, 9.17) is 0 Å². The van der Waals surface area contributed by atoms with Gasteiger partial charge in [-0.1, -0.05) is 6.07 Å². The number of aromatic amines is 1. The molecule has 1 amide bonds. The topological polar surface area (TPSA) is 70.7 Å². The predicted molar refractivity (Wildman–Crippen MR) is 103 cm³/mol. The SMILES string of the molecule is Cc1[nH]c2c(F)ccc(C)c2c1CCNC(=O)c1ccc2cccnc2n1. The Morgan fingerprint density at radius 1 is 1.19 bits per heavy atom. The number of nitrogens with zero attached hydrogens (tertiary/aromatic N) is 2. The van der Waals surface area contributed by atoms with Gasteiger partial charge in [0.25, 0.3) is 5.91 Å². The number of H-pyrrole nitrogens is 1. The van der Waals surface area contributed by atoms with Crippen LogP contribution in [0, 0.1) is 19.7 Å². The standard InChI is InChI=1S/C21H19FN4O/c1-12-5-7-16(22)19-18(12)15(13(2)25-19)9-11-24-21(27)17-8-6-14-4-3-10-23-20(14)26-17/h3-8,10,25H,9,11H2,1-2H3,(H,24,27). The molecule has 3 aromatic heterocycles. The number of fused-ring (bicyclic) bond motifs is 2. The smallest absolute Gasteiger partial charge is 0.269 e. The van der Waals surface area contributed by atoms with Crippen molar-refractivity contribution in [1.29, 1.82) is 0 Å². The summed E-state index contributed by atoms with van der Waals surface area (Å²) in [7, 11) is 0. The van der Waals surface area contributed by atoms with Crippen LogP contribution in [0.25, 0.3) is 21.9 Å². The Morgan fingerprint density at radius 2 is 2.04 bits per heavy atom. The number of carbonyl (C=O) groups excluding carboxylic acids is 1. The summed E-state index contributed by atoms with van der Waals surface area (Å²) in [6, 6.07) is 10.5. The molecule has 0 atom stereocenters. The number of nitrogens with one attached hydrogen (secondary N) is 2. The highest BCUT2D eigenvalue weighted by atomic mass is 19.1. The number of hydrogen-bond acceptors (Lipinski definition) is 3. The van der Waals surface area contributed by atoms with Crippen molar-refractivity contribution in [3.8, 4) is 0 Å². The van der Waals surface area contributed by atoms with Gasteiger partial charge in [-0.2, -0.15) is 0 Å². The summed E-state index contributed by atoms with van der Waals surface area (Å²) in [6.45, 7) is 4.32. The largest absolute Gasteiger partial charge is 0.356 e. The Bertz CT molecular complexity index is 1170. The summed E-state index contributed by atoms with van der Waals surface area (Å²) in [4.78, 5) is 24.0. The average molecular weight is 362 g/mol. The summed E-state index contributed by atoms with van der Waals surface area (Å²) in [5.74, 6) is -0.509. The van der Waals surface area contributed by atoms with Crippen molar-refractivity contribution >= 4 is 27.8 Å². The Labute approximate surface area is 155 Å². The first-order chi connectivity index (χ1) is 13.0. The van der Waals surface area contributed by atoms with Gasteiger partial charge < -0.3 is 10.3 Å². The summed E-state index contributed by atoms with van der Waals surface area (Å²) >= 11 is 0. The van der Waals surface area contributed by atoms with Gasteiger partial charge in [0.1, 0.15) is 11.5 Å². The van der Waals surface area contributed by atoms with Crippen molar-refractivity contribution in [2.45, 2.75) is 20.3 Å². The van der Waals surface area contributed by atoms with E-state index in [-0.39, 0.29) is 11.7 Å². The molecule has 3 heterocycles. The minimum atomic E-state index is -0.262. The normalized spacial score (nSPS) is 11.2. The summed E-state index contributed by atoms with van der Waals surface area (Å²) < 4.78 is 14.0. The van der Waals surface area contributed by atoms with Crippen LogP contribution in [0.15, 0.2) is 42.6 Å². The molecule has 4 rings (SSSR count). The first kappa shape index (κ1) is 17.1. The number of pyridine rings is 2. The zero-order valence-electron chi connectivity index (χ0n) is 15.1.